The molecule has 1 amide bonds. The minimum atomic E-state index is -0.0643. The topological polar surface area (TPSA) is 46.2 Å². The summed E-state index contributed by atoms with van der Waals surface area (Å²) < 4.78 is 0. The summed E-state index contributed by atoms with van der Waals surface area (Å²) in [5.74, 6) is 6.23. The number of fused-ring (bicyclic) bond motifs is 5. The third kappa shape index (κ3) is 7.41. The van der Waals surface area contributed by atoms with Crippen molar-refractivity contribution in [3.05, 3.63) is 23.8 Å². The Labute approximate surface area is 253 Å². The van der Waals surface area contributed by atoms with E-state index >= 15 is 0 Å². The summed E-state index contributed by atoms with van der Waals surface area (Å²) in [6, 6.07) is 0. The fourth-order valence-electron chi connectivity index (χ4n) is 10.3. The highest BCUT2D eigenvalue weighted by atomic mass is 16.1. The van der Waals surface area contributed by atoms with Gasteiger partial charge in [-0.15, -0.1) is 0 Å². The fraction of sp³-hybridized carbons (Fsp3) is 0.842. The first kappa shape index (κ1) is 32.5. The summed E-state index contributed by atoms with van der Waals surface area (Å²) in [5.41, 5.74) is 3.20. The van der Waals surface area contributed by atoms with Gasteiger partial charge in [0.2, 0.25) is 5.91 Å². The molecule has 0 saturated heterocycles. The van der Waals surface area contributed by atoms with Crippen molar-refractivity contribution >= 4 is 11.7 Å². The van der Waals surface area contributed by atoms with Crippen molar-refractivity contribution in [1.82, 2.24) is 5.32 Å². The van der Waals surface area contributed by atoms with E-state index in [0.717, 1.165) is 67.6 Å². The van der Waals surface area contributed by atoms with Gasteiger partial charge in [-0.05, 0) is 123 Å². The molecule has 41 heavy (non-hydrogen) atoms. The SMILES string of the molecule is C=C(C)C(=O)NCCCCCC(=O)C[C@H]1CC[C@@]2(C)C(=CCC3[C@@H]2CC[C@]2(C)C([C@H](C)CCCC(C)C)CC[C@@H]32)C1. The molecule has 8 atom stereocenters. The smallest absolute Gasteiger partial charge is 0.246 e. The molecule has 0 aromatic carbocycles. The average molecular weight is 566 g/mol. The van der Waals surface area contributed by atoms with Crippen LogP contribution in [0, 0.1) is 52.3 Å². The number of unbranched alkanes of at least 4 members (excludes halogenated alkanes) is 2. The highest BCUT2D eigenvalue weighted by Gasteiger charge is 2.59. The molecule has 3 fully saturated rings. The maximum atomic E-state index is 12.9. The lowest BCUT2D eigenvalue weighted by molar-refractivity contribution is -0.120. The van der Waals surface area contributed by atoms with E-state index in [0.29, 0.717) is 41.1 Å². The summed E-state index contributed by atoms with van der Waals surface area (Å²) in [6.45, 7) is 18.7. The maximum Gasteiger partial charge on any atom is 0.246 e. The van der Waals surface area contributed by atoms with Crippen LogP contribution in [0.2, 0.25) is 0 Å². The molecule has 3 heteroatoms. The van der Waals surface area contributed by atoms with E-state index in [-0.39, 0.29) is 5.91 Å². The fourth-order valence-corrected chi connectivity index (χ4v) is 10.3. The van der Waals surface area contributed by atoms with Crippen molar-refractivity contribution < 1.29 is 9.59 Å². The van der Waals surface area contributed by atoms with Gasteiger partial charge in [0.05, 0.1) is 0 Å². The molecule has 0 aliphatic heterocycles. The summed E-state index contributed by atoms with van der Waals surface area (Å²) in [6.07, 6.45) is 22.0. The van der Waals surface area contributed by atoms with Gasteiger partial charge in [0, 0.05) is 25.0 Å². The molecular weight excluding hydrogens is 502 g/mol. The number of nitrogens with one attached hydrogen (secondary N) is 1. The summed E-state index contributed by atoms with van der Waals surface area (Å²) in [5, 5.41) is 2.89. The van der Waals surface area contributed by atoms with Crippen molar-refractivity contribution in [1.29, 1.82) is 0 Å². The summed E-state index contributed by atoms with van der Waals surface area (Å²) in [4.78, 5) is 24.4. The molecule has 0 heterocycles. The Kier molecular flexibility index (Phi) is 11.1. The molecule has 0 aromatic heterocycles. The normalized spacial score (nSPS) is 35.2. The van der Waals surface area contributed by atoms with E-state index in [1.54, 1.807) is 12.5 Å². The number of Topliss-reactive ketones (excluding diaryl/α,β-unsaturated/α-hetero) is 1. The number of hydrogen-bond acceptors (Lipinski definition) is 2. The van der Waals surface area contributed by atoms with Gasteiger partial charge in [-0.2, -0.15) is 0 Å². The predicted molar refractivity (Wildman–Crippen MR) is 172 cm³/mol. The third-order valence-electron chi connectivity index (χ3n) is 12.7. The van der Waals surface area contributed by atoms with E-state index in [9.17, 15) is 9.59 Å². The largest absolute Gasteiger partial charge is 0.352 e. The van der Waals surface area contributed by atoms with E-state index in [1.165, 1.54) is 64.2 Å². The standard InChI is InChI=1S/C38H63NO2/c1-26(2)12-11-13-28(5)33-17-18-34-32-16-15-30-24-29(19-21-37(30,6)35(32)20-22-38(33,34)7)25-31(40)14-9-8-10-23-39-36(41)27(3)4/h15,26,28-29,32-35H,3,8-14,16-25H2,1-2,4-7H3,(H,39,41)/t28-,29+,32?,33?,34+,35+,37+,38-/m1/s1. The number of allylic oxidation sites excluding steroid dienone is 2. The highest BCUT2D eigenvalue weighted by molar-refractivity contribution is 5.92. The molecule has 0 bridgehead atoms. The zero-order valence-electron chi connectivity index (χ0n) is 27.7. The van der Waals surface area contributed by atoms with Crippen LogP contribution in [0.3, 0.4) is 0 Å². The van der Waals surface area contributed by atoms with Crippen molar-refractivity contribution in [2.75, 3.05) is 6.54 Å². The van der Waals surface area contributed by atoms with Gasteiger partial charge in [0.1, 0.15) is 5.78 Å². The Bertz CT molecular complexity index is 963. The lowest BCUT2D eigenvalue weighted by atomic mass is 9.46. The molecule has 3 nitrogen and oxygen atoms in total. The van der Waals surface area contributed by atoms with E-state index in [2.05, 4.69) is 52.6 Å². The maximum absolute atomic E-state index is 12.9. The number of carbonyl (C=O) groups excluding carboxylic acids is 2. The predicted octanol–water partition coefficient (Wildman–Crippen LogP) is 9.86. The van der Waals surface area contributed by atoms with E-state index in [1.807, 2.05) is 0 Å². The Morgan fingerprint density at radius 3 is 2.49 bits per heavy atom. The second kappa shape index (κ2) is 13.9. The van der Waals surface area contributed by atoms with Gasteiger partial charge in [0.25, 0.3) is 0 Å². The quantitative estimate of drug-likeness (QED) is 0.129. The second-order valence-corrected chi connectivity index (χ2v) is 16.0. The molecule has 0 spiro atoms. The first-order valence-electron chi connectivity index (χ1n) is 17.6. The van der Waals surface area contributed by atoms with Crippen LogP contribution in [0.1, 0.15) is 144 Å². The Balaban J connectivity index is 1.26. The lowest BCUT2D eigenvalue weighted by Gasteiger charge is -2.58. The van der Waals surface area contributed by atoms with Gasteiger partial charge in [0.15, 0.2) is 0 Å². The number of ketones is 1. The van der Waals surface area contributed by atoms with Crippen LogP contribution in [0.4, 0.5) is 0 Å². The van der Waals surface area contributed by atoms with Crippen LogP contribution in [0.25, 0.3) is 0 Å². The number of carbonyl (C=O) groups is 2. The lowest BCUT2D eigenvalue weighted by Crippen LogP contribution is -2.50. The molecule has 2 unspecified atom stereocenters. The zero-order valence-corrected chi connectivity index (χ0v) is 27.7. The Morgan fingerprint density at radius 2 is 1.76 bits per heavy atom. The molecular formula is C38H63NO2. The summed E-state index contributed by atoms with van der Waals surface area (Å²) in [7, 11) is 0. The van der Waals surface area contributed by atoms with Crippen LogP contribution in [-0.2, 0) is 9.59 Å². The second-order valence-electron chi connectivity index (χ2n) is 16.0. The minimum absolute atomic E-state index is 0.0643. The highest BCUT2D eigenvalue weighted by Crippen LogP contribution is 2.67. The zero-order chi connectivity index (χ0) is 29.8. The van der Waals surface area contributed by atoms with Gasteiger partial charge < -0.3 is 5.32 Å². The van der Waals surface area contributed by atoms with Crippen molar-refractivity contribution in [3.8, 4) is 0 Å². The molecule has 232 valence electrons. The van der Waals surface area contributed by atoms with Crippen molar-refractivity contribution in [2.45, 2.75) is 144 Å². The van der Waals surface area contributed by atoms with Crippen LogP contribution in [0.5, 0.6) is 0 Å². The molecule has 4 rings (SSSR count). The average Bonchev–Trinajstić information content (AvgIpc) is 3.27. The van der Waals surface area contributed by atoms with Gasteiger partial charge in [-0.25, -0.2) is 0 Å². The first-order chi connectivity index (χ1) is 19.5. The summed E-state index contributed by atoms with van der Waals surface area (Å²) >= 11 is 0. The van der Waals surface area contributed by atoms with Crippen molar-refractivity contribution in [2.24, 2.45) is 52.3 Å². The van der Waals surface area contributed by atoms with Crippen molar-refractivity contribution in [3.63, 3.8) is 0 Å². The van der Waals surface area contributed by atoms with Crippen LogP contribution in [-0.4, -0.2) is 18.2 Å². The van der Waals surface area contributed by atoms with Gasteiger partial charge in [-0.3, -0.25) is 9.59 Å². The number of hydrogen-bond donors (Lipinski definition) is 1. The molecule has 1 N–H and O–H groups in total. The van der Waals surface area contributed by atoms with Crippen LogP contribution >= 0.6 is 0 Å². The molecule has 4 aliphatic carbocycles. The number of amides is 1. The van der Waals surface area contributed by atoms with Gasteiger partial charge >= 0.3 is 0 Å². The monoisotopic (exact) mass is 565 g/mol. The van der Waals surface area contributed by atoms with Crippen LogP contribution in [0.15, 0.2) is 23.8 Å². The Morgan fingerprint density at radius 1 is 0.976 bits per heavy atom. The molecule has 4 aliphatic rings. The van der Waals surface area contributed by atoms with Gasteiger partial charge in [-0.1, -0.05) is 78.5 Å². The van der Waals surface area contributed by atoms with E-state index in [4.69, 9.17) is 0 Å². The molecule has 0 aromatic rings. The molecule has 3 saturated carbocycles. The first-order valence-corrected chi connectivity index (χ1v) is 17.6. The molecule has 0 radical (unpaired) electrons. The van der Waals surface area contributed by atoms with Crippen LogP contribution < -0.4 is 5.32 Å². The van der Waals surface area contributed by atoms with E-state index < -0.39 is 0 Å². The minimum Gasteiger partial charge on any atom is -0.352 e. The Hall–Kier alpha value is -1.38. The third-order valence-corrected chi connectivity index (χ3v) is 12.7. The number of rotatable bonds is 14.